The van der Waals surface area contributed by atoms with Crippen LogP contribution in [0.5, 0.6) is 11.5 Å². The number of carbonyl (C=O) groups excluding carboxylic acids is 1. The fourth-order valence-electron chi connectivity index (χ4n) is 1.48. The van der Waals surface area contributed by atoms with Crippen molar-refractivity contribution >= 4 is 22.4 Å². The number of amides is 1. The topological polar surface area (TPSA) is 60.5 Å². The van der Waals surface area contributed by atoms with Crippen LogP contribution in [0.2, 0.25) is 0 Å². The van der Waals surface area contributed by atoms with E-state index in [0.717, 1.165) is 5.56 Å². The Balaban J connectivity index is 1.93. The van der Waals surface area contributed by atoms with E-state index in [2.05, 4.69) is 10.3 Å². The lowest BCUT2D eigenvalue weighted by atomic mass is 10.2. The number of anilines is 1. The van der Waals surface area contributed by atoms with Crippen molar-refractivity contribution in [1.29, 1.82) is 0 Å². The molecule has 2 rings (SSSR count). The predicted octanol–water partition coefficient (Wildman–Crippen LogP) is 2.48. The highest BCUT2D eigenvalue weighted by molar-refractivity contribution is 7.13. The zero-order valence-electron chi connectivity index (χ0n) is 10.7. The lowest BCUT2D eigenvalue weighted by Crippen LogP contribution is -2.20. The number of thiazole rings is 1. The smallest absolute Gasteiger partial charge is 0.264 e. The van der Waals surface area contributed by atoms with Gasteiger partial charge in [-0.2, -0.15) is 0 Å². The van der Waals surface area contributed by atoms with E-state index >= 15 is 0 Å². The van der Waals surface area contributed by atoms with Crippen LogP contribution in [0.3, 0.4) is 0 Å². The lowest BCUT2D eigenvalue weighted by Gasteiger charge is -2.10. The zero-order valence-corrected chi connectivity index (χ0v) is 11.5. The van der Waals surface area contributed by atoms with Gasteiger partial charge in [0.05, 0.1) is 7.11 Å². The summed E-state index contributed by atoms with van der Waals surface area (Å²) in [6.45, 7) is 1.88. The Bertz CT molecular complexity index is 555. The van der Waals surface area contributed by atoms with E-state index in [9.17, 15) is 4.79 Å². The van der Waals surface area contributed by atoms with Gasteiger partial charge in [0, 0.05) is 11.6 Å². The number of rotatable bonds is 5. The molecule has 0 aliphatic rings. The standard InChI is InChI=1S/C13H14N2O3S/c1-9-3-4-10(11(7-9)17-2)18-8-12(16)15-13-14-5-6-19-13/h3-7H,8H2,1-2H3,(H,14,15,16). The van der Waals surface area contributed by atoms with E-state index in [-0.39, 0.29) is 12.5 Å². The van der Waals surface area contributed by atoms with E-state index < -0.39 is 0 Å². The minimum atomic E-state index is -0.252. The Kier molecular flexibility index (Phi) is 4.35. The van der Waals surface area contributed by atoms with Crippen LogP contribution in [0.4, 0.5) is 5.13 Å². The summed E-state index contributed by atoms with van der Waals surface area (Å²) in [6.07, 6.45) is 1.63. The van der Waals surface area contributed by atoms with E-state index in [1.807, 2.05) is 19.1 Å². The van der Waals surface area contributed by atoms with Gasteiger partial charge in [-0.1, -0.05) is 6.07 Å². The highest BCUT2D eigenvalue weighted by atomic mass is 32.1. The van der Waals surface area contributed by atoms with Gasteiger partial charge in [-0.05, 0) is 24.6 Å². The van der Waals surface area contributed by atoms with Crippen molar-refractivity contribution < 1.29 is 14.3 Å². The lowest BCUT2D eigenvalue weighted by molar-refractivity contribution is -0.118. The first kappa shape index (κ1) is 13.4. The Morgan fingerprint density at radius 3 is 2.95 bits per heavy atom. The van der Waals surface area contributed by atoms with Crippen LogP contribution in [-0.2, 0) is 4.79 Å². The third-order valence-electron chi connectivity index (χ3n) is 2.36. The average Bonchev–Trinajstić information content (AvgIpc) is 2.90. The molecule has 0 bridgehead atoms. The second kappa shape index (κ2) is 6.19. The Morgan fingerprint density at radius 2 is 2.26 bits per heavy atom. The predicted molar refractivity (Wildman–Crippen MR) is 74.0 cm³/mol. The van der Waals surface area contributed by atoms with Gasteiger partial charge in [-0.25, -0.2) is 4.98 Å². The van der Waals surface area contributed by atoms with Gasteiger partial charge in [0.1, 0.15) is 0 Å². The number of methoxy groups -OCH3 is 1. The number of carbonyl (C=O) groups is 1. The fourth-order valence-corrected chi connectivity index (χ4v) is 2.02. The average molecular weight is 278 g/mol. The maximum absolute atomic E-state index is 11.6. The van der Waals surface area contributed by atoms with Crippen molar-refractivity contribution in [3.63, 3.8) is 0 Å². The summed E-state index contributed by atoms with van der Waals surface area (Å²) in [7, 11) is 1.57. The first-order valence-electron chi connectivity index (χ1n) is 5.66. The third-order valence-corrected chi connectivity index (χ3v) is 3.05. The molecular formula is C13H14N2O3S. The molecule has 0 radical (unpaired) electrons. The van der Waals surface area contributed by atoms with E-state index in [0.29, 0.717) is 16.6 Å². The normalized spacial score (nSPS) is 10.0. The van der Waals surface area contributed by atoms with Crippen LogP contribution in [0.1, 0.15) is 5.56 Å². The highest BCUT2D eigenvalue weighted by Crippen LogP contribution is 2.27. The number of hydrogen-bond donors (Lipinski definition) is 1. The van der Waals surface area contributed by atoms with Crippen molar-refractivity contribution in [2.24, 2.45) is 0 Å². The summed E-state index contributed by atoms with van der Waals surface area (Å²) < 4.78 is 10.6. The maximum Gasteiger partial charge on any atom is 0.264 e. The van der Waals surface area contributed by atoms with Gasteiger partial charge < -0.3 is 9.47 Å². The molecule has 100 valence electrons. The molecule has 0 saturated carbocycles. The zero-order chi connectivity index (χ0) is 13.7. The summed E-state index contributed by atoms with van der Waals surface area (Å²) in [4.78, 5) is 15.6. The monoisotopic (exact) mass is 278 g/mol. The van der Waals surface area contributed by atoms with Crippen LogP contribution in [0.25, 0.3) is 0 Å². The van der Waals surface area contributed by atoms with E-state index in [1.54, 1.807) is 24.8 Å². The molecule has 0 atom stereocenters. The molecule has 0 spiro atoms. The van der Waals surface area contributed by atoms with Crippen LogP contribution in [0.15, 0.2) is 29.8 Å². The van der Waals surface area contributed by atoms with Crippen molar-refractivity contribution in [3.05, 3.63) is 35.3 Å². The number of hydrogen-bond acceptors (Lipinski definition) is 5. The van der Waals surface area contributed by atoms with Crippen LogP contribution < -0.4 is 14.8 Å². The molecule has 19 heavy (non-hydrogen) atoms. The van der Waals surface area contributed by atoms with Crippen molar-refractivity contribution in [1.82, 2.24) is 4.98 Å². The summed E-state index contributed by atoms with van der Waals surface area (Å²) in [6, 6.07) is 5.54. The first-order chi connectivity index (χ1) is 9.19. The van der Waals surface area contributed by atoms with Gasteiger partial charge in [0.25, 0.3) is 5.91 Å². The summed E-state index contributed by atoms with van der Waals surface area (Å²) in [5.74, 6) is 0.905. The molecule has 1 N–H and O–H groups in total. The summed E-state index contributed by atoms with van der Waals surface area (Å²) in [5, 5.41) is 4.99. The molecule has 6 heteroatoms. The van der Waals surface area contributed by atoms with Gasteiger partial charge in [-0.3, -0.25) is 10.1 Å². The van der Waals surface area contributed by atoms with Gasteiger partial charge >= 0.3 is 0 Å². The van der Waals surface area contributed by atoms with E-state index in [1.165, 1.54) is 11.3 Å². The fraction of sp³-hybridized carbons (Fsp3) is 0.231. The number of nitrogens with zero attached hydrogens (tertiary/aromatic N) is 1. The van der Waals surface area contributed by atoms with E-state index in [4.69, 9.17) is 9.47 Å². The van der Waals surface area contributed by atoms with Crippen LogP contribution in [0, 0.1) is 6.92 Å². The molecule has 1 heterocycles. The Hall–Kier alpha value is -2.08. The SMILES string of the molecule is COc1cc(C)ccc1OCC(=O)Nc1nccs1. The minimum Gasteiger partial charge on any atom is -0.493 e. The molecule has 0 aliphatic heterocycles. The Morgan fingerprint density at radius 1 is 1.42 bits per heavy atom. The van der Waals surface area contributed by atoms with Crippen molar-refractivity contribution in [2.45, 2.75) is 6.92 Å². The molecule has 5 nitrogen and oxygen atoms in total. The Labute approximate surface area is 115 Å². The van der Waals surface area contributed by atoms with Gasteiger partial charge in [-0.15, -0.1) is 11.3 Å². The third kappa shape index (κ3) is 3.69. The van der Waals surface area contributed by atoms with Gasteiger partial charge in [0.2, 0.25) is 0 Å². The molecule has 1 aromatic carbocycles. The largest absolute Gasteiger partial charge is 0.493 e. The summed E-state index contributed by atoms with van der Waals surface area (Å²) >= 11 is 1.36. The van der Waals surface area contributed by atoms with Crippen molar-refractivity contribution in [2.75, 3.05) is 19.0 Å². The summed E-state index contributed by atoms with van der Waals surface area (Å²) in [5.41, 5.74) is 1.07. The molecule has 0 saturated heterocycles. The molecule has 0 aliphatic carbocycles. The van der Waals surface area contributed by atoms with Gasteiger partial charge in [0.15, 0.2) is 23.2 Å². The first-order valence-corrected chi connectivity index (χ1v) is 6.54. The number of benzene rings is 1. The second-order valence-corrected chi connectivity index (χ2v) is 4.72. The number of ether oxygens (including phenoxy) is 2. The number of aromatic nitrogens is 1. The molecule has 1 aromatic heterocycles. The minimum absolute atomic E-state index is 0.0843. The molecular weight excluding hydrogens is 264 g/mol. The molecule has 2 aromatic rings. The van der Waals surface area contributed by atoms with Crippen LogP contribution in [-0.4, -0.2) is 24.6 Å². The number of nitrogens with one attached hydrogen (secondary N) is 1. The maximum atomic E-state index is 11.6. The quantitative estimate of drug-likeness (QED) is 0.912. The molecule has 0 unspecified atom stereocenters. The number of aryl methyl sites for hydroxylation is 1. The second-order valence-electron chi connectivity index (χ2n) is 3.83. The highest BCUT2D eigenvalue weighted by Gasteiger charge is 2.08. The molecule has 0 fully saturated rings. The molecule has 1 amide bonds. The van der Waals surface area contributed by atoms with Crippen molar-refractivity contribution in [3.8, 4) is 11.5 Å². The van der Waals surface area contributed by atoms with Crippen LogP contribution >= 0.6 is 11.3 Å².